The number of amides is 2. The SMILES string of the molecule is CCCN(CCC)C(=O)CCCC(=O)NC(c1ccccc1)c1ccc(OC)cc1. The number of rotatable bonds is 12. The topological polar surface area (TPSA) is 58.6 Å². The fraction of sp³-hybridized carbons (Fsp3) is 0.440. The van der Waals surface area contributed by atoms with Crippen LogP contribution in [0.1, 0.15) is 63.1 Å². The molecule has 0 fully saturated rings. The molecule has 0 spiro atoms. The second-order valence-corrected chi connectivity index (χ2v) is 7.42. The van der Waals surface area contributed by atoms with Crippen LogP contribution in [0, 0.1) is 0 Å². The Hall–Kier alpha value is -2.82. The Labute approximate surface area is 180 Å². The van der Waals surface area contributed by atoms with Crippen molar-refractivity contribution in [2.24, 2.45) is 0 Å². The first-order valence-electron chi connectivity index (χ1n) is 10.8. The monoisotopic (exact) mass is 410 g/mol. The first-order valence-corrected chi connectivity index (χ1v) is 10.8. The Kier molecular flexibility index (Phi) is 9.92. The lowest BCUT2D eigenvalue weighted by Crippen LogP contribution is -2.33. The van der Waals surface area contributed by atoms with Crippen molar-refractivity contribution in [2.75, 3.05) is 20.2 Å². The van der Waals surface area contributed by atoms with Gasteiger partial charge in [0.15, 0.2) is 0 Å². The fourth-order valence-corrected chi connectivity index (χ4v) is 3.49. The summed E-state index contributed by atoms with van der Waals surface area (Å²) in [6, 6.07) is 17.4. The molecule has 1 unspecified atom stereocenters. The third-order valence-electron chi connectivity index (χ3n) is 5.02. The summed E-state index contributed by atoms with van der Waals surface area (Å²) in [6.07, 6.45) is 3.20. The molecule has 1 atom stereocenters. The van der Waals surface area contributed by atoms with E-state index in [4.69, 9.17) is 4.74 Å². The average molecular weight is 411 g/mol. The first-order chi connectivity index (χ1) is 14.6. The molecule has 30 heavy (non-hydrogen) atoms. The van der Waals surface area contributed by atoms with Crippen molar-refractivity contribution in [3.05, 3.63) is 65.7 Å². The van der Waals surface area contributed by atoms with Crippen molar-refractivity contribution < 1.29 is 14.3 Å². The van der Waals surface area contributed by atoms with Crippen molar-refractivity contribution in [3.8, 4) is 5.75 Å². The van der Waals surface area contributed by atoms with Crippen LogP contribution in [0.4, 0.5) is 0 Å². The maximum Gasteiger partial charge on any atom is 0.222 e. The van der Waals surface area contributed by atoms with E-state index in [0.717, 1.165) is 42.8 Å². The lowest BCUT2D eigenvalue weighted by atomic mass is 9.98. The summed E-state index contributed by atoms with van der Waals surface area (Å²) in [5.41, 5.74) is 2.01. The molecule has 0 radical (unpaired) electrons. The number of ether oxygens (including phenoxy) is 1. The van der Waals surface area contributed by atoms with E-state index >= 15 is 0 Å². The van der Waals surface area contributed by atoms with Crippen molar-refractivity contribution in [2.45, 2.75) is 52.0 Å². The van der Waals surface area contributed by atoms with Gasteiger partial charge in [0.25, 0.3) is 0 Å². The number of nitrogens with zero attached hydrogens (tertiary/aromatic N) is 1. The van der Waals surface area contributed by atoms with Crippen molar-refractivity contribution in [1.29, 1.82) is 0 Å². The van der Waals surface area contributed by atoms with E-state index in [2.05, 4.69) is 19.2 Å². The summed E-state index contributed by atoms with van der Waals surface area (Å²) in [4.78, 5) is 27.0. The number of hydrogen-bond acceptors (Lipinski definition) is 3. The summed E-state index contributed by atoms with van der Waals surface area (Å²) >= 11 is 0. The number of hydrogen-bond donors (Lipinski definition) is 1. The molecule has 0 saturated carbocycles. The lowest BCUT2D eigenvalue weighted by Gasteiger charge is -2.22. The molecule has 2 aromatic carbocycles. The Bertz CT molecular complexity index is 769. The van der Waals surface area contributed by atoms with Crippen LogP contribution in [0.25, 0.3) is 0 Å². The zero-order chi connectivity index (χ0) is 21.8. The van der Waals surface area contributed by atoms with Gasteiger partial charge in [0.2, 0.25) is 11.8 Å². The molecule has 2 amide bonds. The quantitative estimate of drug-likeness (QED) is 0.551. The van der Waals surface area contributed by atoms with Gasteiger partial charge in [-0.15, -0.1) is 0 Å². The number of carbonyl (C=O) groups excluding carboxylic acids is 2. The first kappa shape index (κ1) is 23.5. The lowest BCUT2D eigenvalue weighted by molar-refractivity contribution is -0.131. The second kappa shape index (κ2) is 12.7. The number of nitrogens with one attached hydrogen (secondary N) is 1. The fourth-order valence-electron chi connectivity index (χ4n) is 3.49. The highest BCUT2D eigenvalue weighted by molar-refractivity contribution is 5.79. The van der Waals surface area contributed by atoms with Gasteiger partial charge >= 0.3 is 0 Å². The molecule has 0 aliphatic rings. The van der Waals surface area contributed by atoms with Crippen LogP contribution in [0.15, 0.2) is 54.6 Å². The maximum absolute atomic E-state index is 12.7. The molecular formula is C25H34N2O3. The summed E-state index contributed by atoms with van der Waals surface area (Å²) in [5, 5.41) is 3.14. The van der Waals surface area contributed by atoms with Crippen LogP contribution < -0.4 is 10.1 Å². The highest BCUT2D eigenvalue weighted by Gasteiger charge is 2.18. The highest BCUT2D eigenvalue weighted by Crippen LogP contribution is 2.24. The zero-order valence-electron chi connectivity index (χ0n) is 18.4. The Morgan fingerprint density at radius 1 is 0.900 bits per heavy atom. The predicted octanol–water partition coefficient (Wildman–Crippen LogP) is 4.72. The van der Waals surface area contributed by atoms with Gasteiger partial charge in [-0.2, -0.15) is 0 Å². The van der Waals surface area contributed by atoms with E-state index in [9.17, 15) is 9.59 Å². The van der Waals surface area contributed by atoms with Gasteiger partial charge in [0.05, 0.1) is 13.2 Å². The van der Waals surface area contributed by atoms with Crippen LogP contribution in [0.2, 0.25) is 0 Å². The third-order valence-corrected chi connectivity index (χ3v) is 5.02. The number of methoxy groups -OCH3 is 1. The normalized spacial score (nSPS) is 11.6. The van der Waals surface area contributed by atoms with Crippen molar-refractivity contribution >= 4 is 11.8 Å². The predicted molar refractivity (Wildman–Crippen MR) is 120 cm³/mol. The molecule has 5 nitrogen and oxygen atoms in total. The van der Waals surface area contributed by atoms with Crippen LogP contribution >= 0.6 is 0 Å². The number of carbonyl (C=O) groups is 2. The van der Waals surface area contributed by atoms with Gasteiger partial charge in [-0.3, -0.25) is 9.59 Å². The molecule has 2 aromatic rings. The van der Waals surface area contributed by atoms with Gasteiger partial charge in [-0.1, -0.05) is 56.3 Å². The number of benzene rings is 2. The second-order valence-electron chi connectivity index (χ2n) is 7.42. The van der Waals surface area contributed by atoms with E-state index < -0.39 is 0 Å². The van der Waals surface area contributed by atoms with Crippen LogP contribution in [0.5, 0.6) is 5.75 Å². The summed E-state index contributed by atoms with van der Waals surface area (Å²) in [7, 11) is 1.63. The minimum Gasteiger partial charge on any atom is -0.497 e. The summed E-state index contributed by atoms with van der Waals surface area (Å²) in [6.45, 7) is 5.72. The molecule has 1 N–H and O–H groups in total. The molecule has 0 heterocycles. The average Bonchev–Trinajstić information content (AvgIpc) is 2.78. The Balaban J connectivity index is 1.98. The smallest absolute Gasteiger partial charge is 0.222 e. The standard InChI is InChI=1S/C25H34N2O3/c1-4-18-27(19-5-2)24(29)13-9-12-23(28)26-25(20-10-7-6-8-11-20)21-14-16-22(30-3)17-15-21/h6-8,10-11,14-17,25H,4-5,9,12-13,18-19H2,1-3H3,(H,26,28). The summed E-state index contributed by atoms with van der Waals surface area (Å²) < 4.78 is 5.24. The van der Waals surface area contributed by atoms with Gasteiger partial charge < -0.3 is 15.0 Å². The van der Waals surface area contributed by atoms with Crippen molar-refractivity contribution in [1.82, 2.24) is 10.2 Å². The largest absolute Gasteiger partial charge is 0.497 e. The molecule has 0 saturated heterocycles. The minimum atomic E-state index is -0.239. The Morgan fingerprint density at radius 2 is 1.50 bits per heavy atom. The van der Waals surface area contributed by atoms with Crippen LogP contribution in [-0.2, 0) is 9.59 Å². The van der Waals surface area contributed by atoms with Crippen LogP contribution in [0.3, 0.4) is 0 Å². The molecular weight excluding hydrogens is 376 g/mol. The molecule has 0 aliphatic carbocycles. The molecule has 162 valence electrons. The molecule has 2 rings (SSSR count). The molecule has 5 heteroatoms. The zero-order valence-corrected chi connectivity index (χ0v) is 18.4. The third kappa shape index (κ3) is 7.21. The summed E-state index contributed by atoms with van der Waals surface area (Å²) in [5.74, 6) is 0.866. The molecule has 0 aliphatic heterocycles. The molecule has 0 aromatic heterocycles. The van der Waals surface area contributed by atoms with E-state index in [-0.39, 0.29) is 17.9 Å². The van der Waals surface area contributed by atoms with E-state index in [1.807, 2.05) is 59.5 Å². The minimum absolute atomic E-state index is 0.0509. The van der Waals surface area contributed by atoms with Gasteiger partial charge in [-0.25, -0.2) is 0 Å². The highest BCUT2D eigenvalue weighted by atomic mass is 16.5. The van der Waals surface area contributed by atoms with Gasteiger partial charge in [0, 0.05) is 25.9 Å². The van der Waals surface area contributed by atoms with Crippen LogP contribution in [-0.4, -0.2) is 36.9 Å². The van der Waals surface area contributed by atoms with E-state index in [0.29, 0.717) is 19.3 Å². The Morgan fingerprint density at radius 3 is 2.07 bits per heavy atom. The van der Waals surface area contributed by atoms with Crippen molar-refractivity contribution in [3.63, 3.8) is 0 Å². The van der Waals surface area contributed by atoms with Gasteiger partial charge in [0.1, 0.15) is 5.75 Å². The van der Waals surface area contributed by atoms with E-state index in [1.165, 1.54) is 0 Å². The maximum atomic E-state index is 12.7. The molecule has 0 bridgehead atoms. The van der Waals surface area contributed by atoms with Gasteiger partial charge in [-0.05, 0) is 42.5 Å². The van der Waals surface area contributed by atoms with E-state index in [1.54, 1.807) is 7.11 Å².